The molecule has 1 aliphatic heterocycles. The van der Waals surface area contributed by atoms with Crippen molar-refractivity contribution >= 4 is 11.9 Å². The van der Waals surface area contributed by atoms with Gasteiger partial charge >= 0.3 is 41.8 Å². The molecule has 0 aromatic rings. The van der Waals surface area contributed by atoms with E-state index in [1.165, 1.54) is 21.0 Å². The van der Waals surface area contributed by atoms with Crippen molar-refractivity contribution in [3.8, 4) is 0 Å². The minimum absolute atomic E-state index is 0.00588. The molecule has 1 heterocycles. The fourth-order valence-electron chi connectivity index (χ4n) is 3.25. The highest BCUT2D eigenvalue weighted by molar-refractivity contribution is 5.82. The third kappa shape index (κ3) is 5.72. The molecule has 37 heavy (non-hydrogen) atoms. The van der Waals surface area contributed by atoms with Crippen LogP contribution in [0.2, 0.25) is 0 Å². The minimum atomic E-state index is -8.00. The Bertz CT molecular complexity index is 831. The van der Waals surface area contributed by atoms with Crippen molar-refractivity contribution in [1.29, 1.82) is 0 Å². The molecule has 1 amide bonds. The number of ether oxygens (including phenoxy) is 2. The first-order chi connectivity index (χ1) is 16.5. The van der Waals surface area contributed by atoms with Crippen LogP contribution in [0.5, 0.6) is 0 Å². The van der Waals surface area contributed by atoms with Gasteiger partial charge < -0.3 is 14.4 Å². The van der Waals surface area contributed by atoms with E-state index in [0.29, 0.717) is 0 Å². The number of carbonyl (C=O) groups excluding carboxylic acids is 2. The molecule has 3 atom stereocenters. The van der Waals surface area contributed by atoms with E-state index < -0.39 is 78.5 Å². The first kappa shape index (κ1) is 33.0. The fraction of sp³-hybridized carbons (Fsp3) is 0.895. The summed E-state index contributed by atoms with van der Waals surface area (Å²) in [5.74, 6) is -42.2. The van der Waals surface area contributed by atoms with Crippen LogP contribution in [-0.4, -0.2) is 85.5 Å². The summed E-state index contributed by atoms with van der Waals surface area (Å²) in [6.45, 7) is 0.932. The molecule has 0 aromatic carbocycles. The maximum atomic E-state index is 14.3. The van der Waals surface area contributed by atoms with Gasteiger partial charge in [0.25, 0.3) is 0 Å². The number of hydrogen-bond donors (Lipinski definition) is 0. The van der Waals surface area contributed by atoms with Crippen LogP contribution in [0.4, 0.5) is 57.1 Å². The molecule has 18 heteroatoms. The van der Waals surface area contributed by atoms with Gasteiger partial charge in [-0.1, -0.05) is 13.8 Å². The van der Waals surface area contributed by atoms with Crippen molar-refractivity contribution < 1.29 is 76.1 Å². The van der Waals surface area contributed by atoms with Crippen molar-refractivity contribution in [3.63, 3.8) is 0 Å². The van der Waals surface area contributed by atoms with E-state index in [0.717, 1.165) is 0 Å². The van der Waals surface area contributed by atoms with Gasteiger partial charge in [0, 0.05) is 19.6 Å². The standard InChI is InChI=1S/C19H22F13NO4/c1-4-10(7-9(2)13(35)37-6-5-36-3)12(34)33-8-11(33)14(20,21)15(22,23)16(24,25)17(26,27)18(28,29)19(30,31)32/h9-11H,4-8H2,1-3H3. The zero-order chi connectivity index (χ0) is 29.4. The number of alkyl halides is 13. The van der Waals surface area contributed by atoms with Crippen molar-refractivity contribution in [2.45, 2.75) is 68.5 Å². The summed E-state index contributed by atoms with van der Waals surface area (Å²) in [4.78, 5) is 24.2. The largest absolute Gasteiger partial charge is 0.463 e. The first-order valence-corrected chi connectivity index (χ1v) is 10.4. The molecule has 1 fully saturated rings. The zero-order valence-electron chi connectivity index (χ0n) is 19.3. The first-order valence-electron chi connectivity index (χ1n) is 10.4. The van der Waals surface area contributed by atoms with Gasteiger partial charge in [-0.05, 0) is 12.8 Å². The molecule has 0 aromatic heterocycles. The summed E-state index contributed by atoms with van der Waals surface area (Å²) < 4.78 is 182. The van der Waals surface area contributed by atoms with Gasteiger partial charge in [0.15, 0.2) is 0 Å². The highest BCUT2D eigenvalue weighted by Crippen LogP contribution is 2.61. The molecule has 1 aliphatic rings. The lowest BCUT2D eigenvalue weighted by molar-refractivity contribution is -0.440. The lowest BCUT2D eigenvalue weighted by Crippen LogP contribution is -2.71. The molecule has 0 saturated carbocycles. The van der Waals surface area contributed by atoms with E-state index in [1.807, 2.05) is 0 Å². The van der Waals surface area contributed by atoms with E-state index in [2.05, 4.69) is 4.74 Å². The van der Waals surface area contributed by atoms with Crippen LogP contribution < -0.4 is 0 Å². The third-order valence-electron chi connectivity index (χ3n) is 5.69. The number of esters is 1. The van der Waals surface area contributed by atoms with Crippen LogP contribution in [0.25, 0.3) is 0 Å². The molecule has 0 spiro atoms. The Balaban J connectivity index is 3.11. The molecule has 1 saturated heterocycles. The van der Waals surface area contributed by atoms with Crippen molar-refractivity contribution in [2.24, 2.45) is 11.8 Å². The molecular formula is C19H22F13NO4. The molecule has 218 valence electrons. The van der Waals surface area contributed by atoms with E-state index in [-0.39, 0.29) is 24.5 Å². The molecule has 0 aliphatic carbocycles. The number of nitrogens with zero attached hydrogens (tertiary/aromatic N) is 1. The molecule has 1 rings (SSSR count). The minimum Gasteiger partial charge on any atom is -0.463 e. The maximum absolute atomic E-state index is 14.3. The SMILES string of the molecule is CCC(CC(C)C(=O)OCCOC)C(=O)N1CC1C(F)(F)C(F)(F)C(F)(F)C(F)(F)C(F)(F)C(F)(F)F. The van der Waals surface area contributed by atoms with Crippen LogP contribution in [0, 0.1) is 11.8 Å². The Kier molecular flexibility index (Phi) is 9.49. The van der Waals surface area contributed by atoms with Gasteiger partial charge in [-0.15, -0.1) is 0 Å². The topological polar surface area (TPSA) is 55.6 Å². The van der Waals surface area contributed by atoms with Crippen LogP contribution in [0.1, 0.15) is 26.7 Å². The second-order valence-electron chi connectivity index (χ2n) is 8.33. The van der Waals surface area contributed by atoms with Gasteiger partial charge in [-0.3, -0.25) is 9.59 Å². The van der Waals surface area contributed by atoms with Gasteiger partial charge in [0.2, 0.25) is 5.91 Å². The Morgan fingerprint density at radius 3 is 1.76 bits per heavy atom. The van der Waals surface area contributed by atoms with Crippen molar-refractivity contribution in [2.75, 3.05) is 26.9 Å². The summed E-state index contributed by atoms with van der Waals surface area (Å²) in [5.41, 5.74) is 0. The van der Waals surface area contributed by atoms with E-state index in [9.17, 15) is 66.7 Å². The lowest BCUT2D eigenvalue weighted by atomic mass is 9.91. The molecule has 0 bridgehead atoms. The smallest absolute Gasteiger partial charge is 0.460 e. The molecule has 0 radical (unpaired) electrons. The fourth-order valence-corrected chi connectivity index (χ4v) is 3.25. The zero-order valence-corrected chi connectivity index (χ0v) is 19.3. The number of carbonyl (C=O) groups is 2. The maximum Gasteiger partial charge on any atom is 0.460 e. The highest BCUT2D eigenvalue weighted by atomic mass is 19.4. The Morgan fingerprint density at radius 1 is 0.838 bits per heavy atom. The summed E-state index contributed by atoms with van der Waals surface area (Å²) in [5, 5.41) is 0. The van der Waals surface area contributed by atoms with Crippen LogP contribution in [0.3, 0.4) is 0 Å². The van der Waals surface area contributed by atoms with Crippen molar-refractivity contribution in [3.05, 3.63) is 0 Å². The Morgan fingerprint density at radius 2 is 1.32 bits per heavy atom. The number of hydrogen-bond acceptors (Lipinski definition) is 4. The molecule has 3 unspecified atom stereocenters. The molecule has 5 nitrogen and oxygen atoms in total. The Labute approximate surface area is 201 Å². The molecule has 0 N–H and O–H groups in total. The predicted molar refractivity (Wildman–Crippen MR) is 96.7 cm³/mol. The number of methoxy groups -OCH3 is 1. The predicted octanol–water partition coefficient (Wildman–Crippen LogP) is 5.18. The van der Waals surface area contributed by atoms with Gasteiger partial charge in [-0.25, -0.2) is 0 Å². The summed E-state index contributed by atoms with van der Waals surface area (Å²) in [6, 6.07) is -3.23. The van der Waals surface area contributed by atoms with E-state index in [4.69, 9.17) is 4.74 Å². The number of halogens is 13. The van der Waals surface area contributed by atoms with Crippen LogP contribution in [0.15, 0.2) is 0 Å². The normalized spacial score (nSPS) is 19.5. The average molecular weight is 575 g/mol. The van der Waals surface area contributed by atoms with Crippen LogP contribution >= 0.6 is 0 Å². The van der Waals surface area contributed by atoms with Crippen molar-refractivity contribution in [1.82, 2.24) is 4.90 Å². The lowest BCUT2D eigenvalue weighted by Gasteiger charge is -2.39. The second kappa shape index (κ2) is 10.6. The second-order valence-corrected chi connectivity index (χ2v) is 8.33. The number of amides is 1. The van der Waals surface area contributed by atoms with Gasteiger partial charge in [0.05, 0.1) is 12.5 Å². The van der Waals surface area contributed by atoms with E-state index in [1.54, 1.807) is 0 Å². The van der Waals surface area contributed by atoms with E-state index >= 15 is 0 Å². The third-order valence-corrected chi connectivity index (χ3v) is 5.69. The summed E-state index contributed by atoms with van der Waals surface area (Å²) >= 11 is 0. The van der Waals surface area contributed by atoms with Gasteiger partial charge in [-0.2, -0.15) is 57.1 Å². The van der Waals surface area contributed by atoms with Crippen LogP contribution in [-0.2, 0) is 19.1 Å². The average Bonchev–Trinajstić information content (AvgIpc) is 3.57. The molecular weight excluding hydrogens is 553 g/mol. The highest BCUT2D eigenvalue weighted by Gasteiger charge is 2.92. The van der Waals surface area contributed by atoms with Gasteiger partial charge in [0.1, 0.15) is 12.6 Å². The summed E-state index contributed by atoms with van der Waals surface area (Å²) in [7, 11) is 1.29. The Hall–Kier alpha value is -2.01. The quantitative estimate of drug-likeness (QED) is 0.132. The monoisotopic (exact) mass is 575 g/mol. The number of rotatable bonds is 13. The summed E-state index contributed by atoms with van der Waals surface area (Å²) in [6.07, 6.45) is -8.10.